The van der Waals surface area contributed by atoms with Crippen molar-refractivity contribution < 1.29 is 14.3 Å². The number of hydrogen-bond donors (Lipinski definition) is 1. The zero-order valence-electron chi connectivity index (χ0n) is 16.9. The first-order valence-electron chi connectivity index (χ1n) is 9.22. The van der Waals surface area contributed by atoms with Gasteiger partial charge >= 0.3 is 11.2 Å². The molecule has 0 radical (unpaired) electrons. The van der Waals surface area contributed by atoms with E-state index in [1.165, 1.54) is 14.0 Å². The molecular formula is C21H22N4O5. The van der Waals surface area contributed by atoms with Crippen LogP contribution in [0.25, 0.3) is 5.69 Å². The van der Waals surface area contributed by atoms with E-state index >= 15 is 0 Å². The highest BCUT2D eigenvalue weighted by molar-refractivity contribution is 5.88. The highest BCUT2D eigenvalue weighted by atomic mass is 16.5. The summed E-state index contributed by atoms with van der Waals surface area (Å²) in [6.45, 7) is 1.52. The molecule has 30 heavy (non-hydrogen) atoms. The monoisotopic (exact) mass is 410 g/mol. The Labute approximate surface area is 172 Å². The minimum Gasteiger partial charge on any atom is -0.497 e. The summed E-state index contributed by atoms with van der Waals surface area (Å²) in [6.07, 6.45) is 0.436. The van der Waals surface area contributed by atoms with Crippen LogP contribution >= 0.6 is 0 Å². The van der Waals surface area contributed by atoms with Gasteiger partial charge < -0.3 is 14.8 Å². The fourth-order valence-electron chi connectivity index (χ4n) is 2.97. The third-order valence-corrected chi connectivity index (χ3v) is 4.39. The number of amides is 1. The van der Waals surface area contributed by atoms with Gasteiger partial charge in [0.2, 0.25) is 5.91 Å². The van der Waals surface area contributed by atoms with E-state index in [1.807, 2.05) is 24.3 Å². The summed E-state index contributed by atoms with van der Waals surface area (Å²) >= 11 is 0. The van der Waals surface area contributed by atoms with Crippen molar-refractivity contribution in [3.63, 3.8) is 0 Å². The van der Waals surface area contributed by atoms with Crippen LogP contribution in [0, 0.1) is 0 Å². The molecule has 0 aliphatic carbocycles. The summed E-state index contributed by atoms with van der Waals surface area (Å²) in [6, 6.07) is 14.0. The minimum atomic E-state index is -0.611. The lowest BCUT2D eigenvalue weighted by Crippen LogP contribution is -2.41. The van der Waals surface area contributed by atoms with Gasteiger partial charge in [-0.1, -0.05) is 18.2 Å². The Morgan fingerprint density at radius 1 is 1.07 bits per heavy atom. The van der Waals surface area contributed by atoms with Gasteiger partial charge in [0.1, 0.15) is 5.75 Å². The summed E-state index contributed by atoms with van der Waals surface area (Å²) in [5, 5.41) is 6.69. The second-order valence-corrected chi connectivity index (χ2v) is 6.49. The smallest absolute Gasteiger partial charge is 0.352 e. The Morgan fingerprint density at radius 3 is 2.53 bits per heavy atom. The number of hydrogen-bond acceptors (Lipinski definition) is 6. The van der Waals surface area contributed by atoms with Gasteiger partial charge in [0.15, 0.2) is 0 Å². The Hall–Kier alpha value is -3.88. The van der Waals surface area contributed by atoms with E-state index in [2.05, 4.69) is 10.4 Å². The molecule has 0 saturated carbocycles. The van der Waals surface area contributed by atoms with Gasteiger partial charge in [-0.15, -0.1) is 5.10 Å². The molecule has 0 atom stereocenters. The Bertz CT molecular complexity index is 1180. The molecule has 2 aromatic carbocycles. The van der Waals surface area contributed by atoms with Crippen LogP contribution in [-0.4, -0.2) is 34.5 Å². The lowest BCUT2D eigenvalue weighted by Gasteiger charge is -2.12. The number of carbonyl (C=O) groups is 1. The van der Waals surface area contributed by atoms with Crippen LogP contribution in [0.3, 0.4) is 0 Å². The first-order chi connectivity index (χ1) is 14.4. The molecule has 0 fully saturated rings. The minimum absolute atomic E-state index is 0.134. The van der Waals surface area contributed by atoms with Crippen molar-refractivity contribution in [1.82, 2.24) is 14.3 Å². The van der Waals surface area contributed by atoms with Crippen molar-refractivity contribution in [1.29, 1.82) is 0 Å². The lowest BCUT2D eigenvalue weighted by molar-refractivity contribution is -0.114. The van der Waals surface area contributed by atoms with Crippen molar-refractivity contribution in [3.05, 3.63) is 74.9 Å². The fourth-order valence-corrected chi connectivity index (χ4v) is 2.97. The largest absolute Gasteiger partial charge is 0.497 e. The summed E-state index contributed by atoms with van der Waals surface area (Å²) in [7, 11) is 2.89. The lowest BCUT2D eigenvalue weighted by atomic mass is 10.1. The molecule has 0 bridgehead atoms. The molecule has 3 rings (SSSR count). The second-order valence-electron chi connectivity index (χ2n) is 6.49. The number of aromatic nitrogens is 3. The first-order valence-corrected chi connectivity index (χ1v) is 9.22. The van der Waals surface area contributed by atoms with Crippen LogP contribution in [0.4, 0.5) is 5.69 Å². The van der Waals surface area contributed by atoms with Crippen molar-refractivity contribution in [2.75, 3.05) is 19.5 Å². The molecular weight excluding hydrogens is 388 g/mol. The van der Waals surface area contributed by atoms with Gasteiger partial charge in [0.25, 0.3) is 5.88 Å². The number of anilines is 1. The molecule has 1 aromatic heterocycles. The number of benzene rings is 2. The summed E-state index contributed by atoms with van der Waals surface area (Å²) in [5.74, 6) is 0.248. The van der Waals surface area contributed by atoms with Crippen LogP contribution < -0.4 is 26.0 Å². The van der Waals surface area contributed by atoms with Gasteiger partial charge in [0, 0.05) is 19.2 Å². The van der Waals surface area contributed by atoms with Crippen molar-refractivity contribution in [3.8, 4) is 17.3 Å². The van der Waals surface area contributed by atoms with E-state index in [-0.39, 0.29) is 18.3 Å². The molecule has 0 aliphatic rings. The Balaban J connectivity index is 2.01. The van der Waals surface area contributed by atoms with E-state index in [0.29, 0.717) is 23.5 Å². The highest BCUT2D eigenvalue weighted by Crippen LogP contribution is 2.14. The average Bonchev–Trinajstić information content (AvgIpc) is 2.73. The Morgan fingerprint density at radius 2 is 1.83 bits per heavy atom. The summed E-state index contributed by atoms with van der Waals surface area (Å²) < 4.78 is 12.5. The molecule has 9 nitrogen and oxygen atoms in total. The normalized spacial score (nSPS) is 10.5. The molecule has 0 spiro atoms. The quantitative estimate of drug-likeness (QED) is 0.635. The molecule has 3 aromatic rings. The zero-order chi connectivity index (χ0) is 21.7. The first kappa shape index (κ1) is 20.8. The number of methoxy groups -OCH3 is 2. The molecule has 1 amide bonds. The van der Waals surface area contributed by atoms with Crippen molar-refractivity contribution in [2.45, 2.75) is 19.9 Å². The highest BCUT2D eigenvalue weighted by Gasteiger charge is 2.15. The van der Waals surface area contributed by atoms with Gasteiger partial charge in [0.05, 0.1) is 19.9 Å². The number of ether oxygens (including phenoxy) is 2. The zero-order valence-corrected chi connectivity index (χ0v) is 16.9. The standard InChI is InChI=1S/C21H22N4O5/c1-14(26)22-16-7-5-8-17(13-16)25-21(28)24(20(27)19(23-25)30-3)11-10-15-6-4-9-18(12-15)29-2/h4-9,12-13H,10-11H2,1-3H3,(H,22,26). The second kappa shape index (κ2) is 9.08. The van der Waals surface area contributed by atoms with E-state index in [1.54, 1.807) is 31.4 Å². The maximum Gasteiger partial charge on any atom is 0.352 e. The van der Waals surface area contributed by atoms with E-state index in [4.69, 9.17) is 9.47 Å². The van der Waals surface area contributed by atoms with Crippen molar-refractivity contribution >= 4 is 11.6 Å². The summed E-state index contributed by atoms with van der Waals surface area (Å²) in [5.41, 5.74) is 0.584. The maximum absolute atomic E-state index is 13.0. The van der Waals surface area contributed by atoms with Crippen LogP contribution in [0.1, 0.15) is 12.5 Å². The van der Waals surface area contributed by atoms with Gasteiger partial charge in [-0.3, -0.25) is 14.2 Å². The molecule has 1 N–H and O–H groups in total. The molecule has 0 unspecified atom stereocenters. The molecule has 0 aliphatic heterocycles. The fraction of sp³-hybridized carbons (Fsp3) is 0.238. The molecule has 9 heteroatoms. The number of aryl methyl sites for hydroxylation is 1. The number of nitrogens with zero attached hydrogens (tertiary/aromatic N) is 3. The molecule has 1 heterocycles. The molecule has 0 saturated heterocycles. The number of nitrogens with one attached hydrogen (secondary N) is 1. The third kappa shape index (κ3) is 4.57. The predicted molar refractivity (Wildman–Crippen MR) is 112 cm³/mol. The number of rotatable bonds is 7. The van der Waals surface area contributed by atoms with E-state index in [0.717, 1.165) is 14.8 Å². The van der Waals surface area contributed by atoms with E-state index < -0.39 is 11.2 Å². The third-order valence-electron chi connectivity index (χ3n) is 4.39. The average molecular weight is 410 g/mol. The summed E-state index contributed by atoms with van der Waals surface area (Å²) in [4.78, 5) is 37.0. The number of carbonyl (C=O) groups excluding carboxylic acids is 1. The van der Waals surface area contributed by atoms with Gasteiger partial charge in [-0.25, -0.2) is 4.79 Å². The van der Waals surface area contributed by atoms with Crippen LogP contribution in [0.5, 0.6) is 11.6 Å². The van der Waals surface area contributed by atoms with Crippen LogP contribution in [0.15, 0.2) is 58.1 Å². The van der Waals surface area contributed by atoms with Crippen molar-refractivity contribution in [2.24, 2.45) is 0 Å². The van der Waals surface area contributed by atoms with Gasteiger partial charge in [-0.2, -0.15) is 4.68 Å². The maximum atomic E-state index is 13.0. The van der Waals surface area contributed by atoms with Crippen LogP contribution in [-0.2, 0) is 17.8 Å². The topological polar surface area (TPSA) is 104 Å². The molecule has 156 valence electrons. The van der Waals surface area contributed by atoms with Crippen LogP contribution in [0.2, 0.25) is 0 Å². The van der Waals surface area contributed by atoms with Gasteiger partial charge in [-0.05, 0) is 42.3 Å². The van der Waals surface area contributed by atoms with E-state index in [9.17, 15) is 14.4 Å². The predicted octanol–water partition coefficient (Wildman–Crippen LogP) is 1.61. The SMILES string of the molecule is COc1cccc(CCn2c(=O)c(OC)nn(-c3cccc(NC(C)=O)c3)c2=O)c1. The Kier molecular flexibility index (Phi) is 6.31.